The van der Waals surface area contributed by atoms with Crippen LogP contribution >= 0.6 is 11.3 Å². The lowest BCUT2D eigenvalue weighted by Gasteiger charge is -2.06. The van der Waals surface area contributed by atoms with E-state index in [4.69, 9.17) is 0 Å². The molecule has 1 aliphatic rings. The molecule has 3 rings (SSSR count). The zero-order valence-electron chi connectivity index (χ0n) is 9.44. The molecule has 92 valence electrons. The van der Waals surface area contributed by atoms with Crippen LogP contribution in [0.1, 0.15) is 28.2 Å². The Balaban J connectivity index is 2.10. The molecule has 1 aliphatic carbocycles. The molecule has 0 bridgehead atoms. The summed E-state index contributed by atoms with van der Waals surface area (Å²) in [4.78, 5) is 16.9. The second kappa shape index (κ2) is 4.17. The van der Waals surface area contributed by atoms with Crippen molar-refractivity contribution >= 4 is 17.1 Å². The average Bonchev–Trinajstić information content (AvgIpc) is 2.73. The average molecular weight is 263 g/mol. The number of hydrogen-bond acceptors (Lipinski definition) is 4. The summed E-state index contributed by atoms with van der Waals surface area (Å²) in [5, 5.41) is 9.97. The number of aromatic nitrogens is 1. The molecule has 1 aromatic carbocycles. The Kier molecular flexibility index (Phi) is 2.63. The van der Waals surface area contributed by atoms with Crippen LogP contribution in [0.25, 0.3) is 10.6 Å². The second-order valence-corrected chi connectivity index (χ2v) is 5.35. The van der Waals surface area contributed by atoms with Crippen molar-refractivity contribution in [3.8, 4) is 16.3 Å². The molecule has 0 aliphatic heterocycles. The molecule has 5 heteroatoms. The number of thiazole rings is 1. The van der Waals surface area contributed by atoms with Crippen molar-refractivity contribution in [1.29, 1.82) is 0 Å². The summed E-state index contributed by atoms with van der Waals surface area (Å²) < 4.78 is 13.2. The van der Waals surface area contributed by atoms with Crippen LogP contribution in [-0.4, -0.2) is 15.9 Å². The highest BCUT2D eigenvalue weighted by Crippen LogP contribution is 2.34. The van der Waals surface area contributed by atoms with Gasteiger partial charge in [-0.3, -0.25) is 4.79 Å². The van der Waals surface area contributed by atoms with Gasteiger partial charge in [-0.15, -0.1) is 11.3 Å². The monoisotopic (exact) mass is 263 g/mol. The normalized spacial score (nSPS) is 14.6. The molecule has 1 aromatic heterocycles. The van der Waals surface area contributed by atoms with Crippen molar-refractivity contribution in [2.75, 3.05) is 0 Å². The Morgan fingerprint density at radius 3 is 2.83 bits per heavy atom. The number of aromatic hydroxyl groups is 1. The fourth-order valence-corrected chi connectivity index (χ4v) is 3.20. The molecular formula is C13H10FNO2S. The van der Waals surface area contributed by atoms with Crippen LogP contribution in [0.5, 0.6) is 5.75 Å². The first kappa shape index (κ1) is 11.3. The van der Waals surface area contributed by atoms with Crippen LogP contribution in [0.15, 0.2) is 18.2 Å². The Morgan fingerprint density at radius 1 is 1.28 bits per heavy atom. The Hall–Kier alpha value is -1.75. The van der Waals surface area contributed by atoms with Gasteiger partial charge < -0.3 is 5.11 Å². The molecule has 3 nitrogen and oxygen atoms in total. The van der Waals surface area contributed by atoms with Gasteiger partial charge in [-0.2, -0.15) is 0 Å². The summed E-state index contributed by atoms with van der Waals surface area (Å²) in [6.45, 7) is 0. The molecule has 0 amide bonds. The number of Topliss-reactive ketones (excluding diaryl/α,β-unsaturated/α-hetero) is 1. The topological polar surface area (TPSA) is 50.2 Å². The molecule has 0 saturated carbocycles. The third-order valence-electron chi connectivity index (χ3n) is 2.90. The minimum Gasteiger partial charge on any atom is -0.508 e. The molecule has 0 fully saturated rings. The molecule has 0 atom stereocenters. The van der Waals surface area contributed by atoms with Crippen LogP contribution in [-0.2, 0) is 6.42 Å². The lowest BCUT2D eigenvalue weighted by molar-refractivity contribution is 0.0968. The van der Waals surface area contributed by atoms with Gasteiger partial charge in [0.15, 0.2) is 5.78 Å². The summed E-state index contributed by atoms with van der Waals surface area (Å²) in [7, 11) is 0. The number of phenolic OH excluding ortho intramolecular Hbond substituents is 1. The van der Waals surface area contributed by atoms with E-state index >= 15 is 0 Å². The number of rotatable bonds is 1. The van der Waals surface area contributed by atoms with E-state index in [0.29, 0.717) is 22.7 Å². The first-order valence-corrected chi connectivity index (χ1v) is 6.48. The molecule has 0 saturated heterocycles. The first-order valence-electron chi connectivity index (χ1n) is 5.66. The molecule has 18 heavy (non-hydrogen) atoms. The van der Waals surface area contributed by atoms with Crippen LogP contribution < -0.4 is 0 Å². The van der Waals surface area contributed by atoms with E-state index in [1.54, 1.807) is 0 Å². The number of carbonyl (C=O) groups excluding carboxylic acids is 1. The number of carbonyl (C=O) groups is 1. The van der Waals surface area contributed by atoms with Gasteiger partial charge in [-0.1, -0.05) is 0 Å². The highest BCUT2D eigenvalue weighted by molar-refractivity contribution is 7.15. The Bertz CT molecular complexity index is 616. The van der Waals surface area contributed by atoms with Crippen molar-refractivity contribution in [2.45, 2.75) is 19.3 Å². The molecule has 0 spiro atoms. The van der Waals surface area contributed by atoms with Crippen LogP contribution in [0.4, 0.5) is 4.39 Å². The molecule has 0 radical (unpaired) electrons. The summed E-state index contributed by atoms with van der Waals surface area (Å²) in [5.41, 5.74) is 1.03. The molecular weight excluding hydrogens is 253 g/mol. The first-order chi connectivity index (χ1) is 8.63. The minimum absolute atomic E-state index is 0.0550. The third-order valence-corrected chi connectivity index (χ3v) is 4.06. The van der Waals surface area contributed by atoms with Gasteiger partial charge in [-0.05, 0) is 25.0 Å². The maximum absolute atomic E-state index is 13.2. The molecule has 1 N–H and O–H groups in total. The third kappa shape index (κ3) is 1.90. The number of nitrogens with zero attached hydrogens (tertiary/aromatic N) is 1. The molecule has 0 unspecified atom stereocenters. The van der Waals surface area contributed by atoms with E-state index in [1.807, 2.05) is 0 Å². The van der Waals surface area contributed by atoms with Crippen molar-refractivity contribution in [3.05, 3.63) is 34.6 Å². The zero-order valence-corrected chi connectivity index (χ0v) is 10.3. The van der Waals surface area contributed by atoms with Gasteiger partial charge in [0.05, 0.1) is 0 Å². The quantitative estimate of drug-likeness (QED) is 0.859. The van der Waals surface area contributed by atoms with Crippen LogP contribution in [0.2, 0.25) is 0 Å². The Morgan fingerprint density at radius 2 is 2.11 bits per heavy atom. The van der Waals surface area contributed by atoms with Crippen molar-refractivity contribution in [1.82, 2.24) is 4.98 Å². The number of fused-ring (bicyclic) bond motifs is 1. The van der Waals surface area contributed by atoms with Gasteiger partial charge in [-0.25, -0.2) is 9.37 Å². The van der Waals surface area contributed by atoms with Gasteiger partial charge in [0, 0.05) is 22.9 Å². The highest BCUT2D eigenvalue weighted by atomic mass is 32.1. The number of aryl methyl sites for hydroxylation is 1. The van der Waals surface area contributed by atoms with Gasteiger partial charge in [0.2, 0.25) is 0 Å². The smallest absolute Gasteiger partial charge is 0.182 e. The summed E-state index contributed by atoms with van der Waals surface area (Å²) >= 11 is 1.40. The molecule has 1 heterocycles. The SMILES string of the molecule is O=C1CCCc2sc(-c3cc(O)cc(F)c3)nc21. The lowest BCUT2D eigenvalue weighted by atomic mass is 10.0. The largest absolute Gasteiger partial charge is 0.508 e. The lowest BCUT2D eigenvalue weighted by Crippen LogP contribution is -2.08. The van der Waals surface area contributed by atoms with Gasteiger partial charge in [0.1, 0.15) is 22.3 Å². The zero-order chi connectivity index (χ0) is 12.7. The van der Waals surface area contributed by atoms with E-state index < -0.39 is 5.82 Å². The van der Waals surface area contributed by atoms with E-state index in [-0.39, 0.29) is 11.5 Å². The summed E-state index contributed by atoms with van der Waals surface area (Å²) in [5.74, 6) is -0.589. The summed E-state index contributed by atoms with van der Waals surface area (Å²) in [6, 6.07) is 3.81. The van der Waals surface area contributed by atoms with Crippen molar-refractivity contribution < 1.29 is 14.3 Å². The Labute approximate surface area is 107 Å². The van der Waals surface area contributed by atoms with E-state index in [9.17, 15) is 14.3 Å². The number of ketones is 1. The van der Waals surface area contributed by atoms with Crippen LogP contribution in [0, 0.1) is 5.82 Å². The second-order valence-electron chi connectivity index (χ2n) is 4.27. The van der Waals surface area contributed by atoms with E-state index in [1.165, 1.54) is 23.5 Å². The van der Waals surface area contributed by atoms with Gasteiger partial charge in [0.25, 0.3) is 0 Å². The predicted octanol–water partition coefficient (Wildman–Crippen LogP) is 3.17. The molecule has 2 aromatic rings. The number of hydrogen-bond donors (Lipinski definition) is 1. The number of phenols is 1. The van der Waals surface area contributed by atoms with Crippen molar-refractivity contribution in [2.24, 2.45) is 0 Å². The van der Waals surface area contributed by atoms with Crippen molar-refractivity contribution in [3.63, 3.8) is 0 Å². The number of benzene rings is 1. The predicted molar refractivity (Wildman–Crippen MR) is 66.4 cm³/mol. The van der Waals surface area contributed by atoms with Gasteiger partial charge >= 0.3 is 0 Å². The van der Waals surface area contributed by atoms with E-state index in [2.05, 4.69) is 4.98 Å². The van der Waals surface area contributed by atoms with E-state index in [0.717, 1.165) is 23.8 Å². The fourth-order valence-electron chi connectivity index (χ4n) is 2.09. The minimum atomic E-state index is -0.510. The summed E-state index contributed by atoms with van der Waals surface area (Å²) in [6.07, 6.45) is 2.23. The van der Waals surface area contributed by atoms with Crippen LogP contribution in [0.3, 0.4) is 0 Å². The maximum Gasteiger partial charge on any atom is 0.182 e. The highest BCUT2D eigenvalue weighted by Gasteiger charge is 2.22. The number of halogens is 1. The standard InChI is InChI=1S/C13H10FNO2S/c14-8-4-7(5-9(16)6-8)13-15-12-10(17)2-1-3-11(12)18-13/h4-6,16H,1-3H2. The maximum atomic E-state index is 13.2. The fraction of sp³-hybridized carbons (Fsp3) is 0.231.